The summed E-state index contributed by atoms with van der Waals surface area (Å²) in [5.41, 5.74) is 1.84. The second kappa shape index (κ2) is 6.36. The first-order chi connectivity index (χ1) is 8.97. The van der Waals surface area contributed by atoms with E-state index in [0.717, 1.165) is 15.7 Å². The molecule has 1 unspecified atom stereocenters. The molecule has 0 aromatic heterocycles. The van der Waals surface area contributed by atoms with Crippen LogP contribution in [-0.4, -0.2) is 0 Å². The van der Waals surface area contributed by atoms with Crippen molar-refractivity contribution < 1.29 is 0 Å². The Morgan fingerprint density at radius 2 is 1.74 bits per heavy atom. The number of hydrogen-bond donors (Lipinski definition) is 1. The molecule has 2 rings (SSSR count). The highest BCUT2D eigenvalue weighted by atomic mass is 79.9. The van der Waals surface area contributed by atoms with Crippen molar-refractivity contribution in [3.63, 3.8) is 0 Å². The fraction of sp³-hybridized carbons (Fsp3) is 0.143. The van der Waals surface area contributed by atoms with Crippen molar-refractivity contribution in [2.75, 3.05) is 5.32 Å². The molecule has 0 saturated carbocycles. The van der Waals surface area contributed by atoms with Gasteiger partial charge in [-0.15, -0.1) is 0 Å². The molecule has 5 heteroatoms. The molecule has 0 aliphatic heterocycles. The maximum absolute atomic E-state index is 6.19. The summed E-state index contributed by atoms with van der Waals surface area (Å²) < 4.78 is 0.945. The van der Waals surface area contributed by atoms with Crippen LogP contribution in [0.4, 0.5) is 5.69 Å². The Morgan fingerprint density at radius 1 is 1.00 bits per heavy atom. The summed E-state index contributed by atoms with van der Waals surface area (Å²) in [6.45, 7) is 2.02. The Morgan fingerprint density at radius 3 is 2.37 bits per heavy atom. The van der Waals surface area contributed by atoms with Crippen LogP contribution in [0, 0.1) is 0 Å². The fourth-order valence-electron chi connectivity index (χ4n) is 1.77. The molecule has 1 N–H and O–H groups in total. The maximum atomic E-state index is 6.19. The van der Waals surface area contributed by atoms with E-state index in [1.54, 1.807) is 6.07 Å². The largest absolute Gasteiger partial charge is 0.377 e. The van der Waals surface area contributed by atoms with Gasteiger partial charge in [-0.3, -0.25) is 0 Å². The number of anilines is 1. The van der Waals surface area contributed by atoms with Gasteiger partial charge in [-0.25, -0.2) is 0 Å². The van der Waals surface area contributed by atoms with E-state index in [1.807, 2.05) is 37.3 Å². The number of hydrogen-bond acceptors (Lipinski definition) is 1. The Hall–Kier alpha value is -0.410. The van der Waals surface area contributed by atoms with Gasteiger partial charge >= 0.3 is 0 Å². The summed E-state index contributed by atoms with van der Waals surface area (Å²) in [6.07, 6.45) is 0. The first-order valence-corrected chi connectivity index (χ1v) is 7.56. The molecule has 0 aliphatic rings. The molecule has 2 aromatic carbocycles. The number of nitrogens with one attached hydrogen (secondary N) is 1. The Bertz CT molecular complexity index is 601. The number of benzene rings is 2. The zero-order valence-corrected chi connectivity index (χ0v) is 13.9. The molecule has 19 heavy (non-hydrogen) atoms. The van der Waals surface area contributed by atoms with E-state index < -0.39 is 0 Å². The van der Waals surface area contributed by atoms with Crippen molar-refractivity contribution >= 4 is 56.4 Å². The zero-order chi connectivity index (χ0) is 14.0. The first-order valence-electron chi connectivity index (χ1n) is 5.64. The molecule has 0 heterocycles. The summed E-state index contributed by atoms with van der Waals surface area (Å²) in [5, 5.41) is 5.26. The lowest BCUT2D eigenvalue weighted by atomic mass is 10.1. The third kappa shape index (κ3) is 3.79. The van der Waals surface area contributed by atoms with Crippen LogP contribution < -0.4 is 5.32 Å². The van der Waals surface area contributed by atoms with Gasteiger partial charge in [-0.2, -0.15) is 0 Å². The van der Waals surface area contributed by atoms with Gasteiger partial charge in [0, 0.05) is 14.5 Å². The van der Waals surface area contributed by atoms with E-state index in [9.17, 15) is 0 Å². The third-order valence-electron chi connectivity index (χ3n) is 2.73. The quantitative estimate of drug-likeness (QED) is 0.635. The van der Waals surface area contributed by atoms with Gasteiger partial charge in [-0.05, 0) is 42.8 Å². The summed E-state index contributed by atoms with van der Waals surface area (Å²) in [4.78, 5) is 0. The molecule has 0 aliphatic carbocycles. The van der Waals surface area contributed by atoms with Crippen LogP contribution >= 0.6 is 50.7 Å². The van der Waals surface area contributed by atoms with Gasteiger partial charge < -0.3 is 5.32 Å². The van der Waals surface area contributed by atoms with Crippen LogP contribution in [-0.2, 0) is 0 Å². The van der Waals surface area contributed by atoms with E-state index in [1.165, 1.54) is 0 Å². The summed E-state index contributed by atoms with van der Waals surface area (Å²) in [6, 6.07) is 11.2. The highest BCUT2D eigenvalue weighted by Crippen LogP contribution is 2.32. The van der Waals surface area contributed by atoms with Crippen LogP contribution in [0.25, 0.3) is 0 Å². The second-order valence-electron chi connectivity index (χ2n) is 4.16. The molecule has 0 fully saturated rings. The molecule has 0 bridgehead atoms. The smallest absolute Gasteiger partial charge is 0.0648 e. The van der Waals surface area contributed by atoms with E-state index >= 15 is 0 Å². The topological polar surface area (TPSA) is 12.0 Å². The fourth-order valence-corrected chi connectivity index (χ4v) is 3.07. The van der Waals surface area contributed by atoms with E-state index in [0.29, 0.717) is 15.1 Å². The predicted octanol–water partition coefficient (Wildman–Crippen LogP) is 6.58. The minimum Gasteiger partial charge on any atom is -0.377 e. The minimum atomic E-state index is 0.0310. The van der Waals surface area contributed by atoms with Crippen molar-refractivity contribution in [1.29, 1.82) is 0 Å². The molecule has 0 amide bonds. The van der Waals surface area contributed by atoms with E-state index in [4.69, 9.17) is 34.8 Å². The monoisotopic (exact) mass is 377 g/mol. The molecule has 100 valence electrons. The van der Waals surface area contributed by atoms with E-state index in [2.05, 4.69) is 21.2 Å². The Labute approximate surface area is 136 Å². The first kappa shape index (κ1) is 15.0. The van der Waals surface area contributed by atoms with Gasteiger partial charge in [0.15, 0.2) is 0 Å². The van der Waals surface area contributed by atoms with Gasteiger partial charge in [-0.1, -0.05) is 56.8 Å². The summed E-state index contributed by atoms with van der Waals surface area (Å²) in [5.74, 6) is 0. The number of rotatable bonds is 3. The molecular formula is C14H11BrCl3N. The lowest BCUT2D eigenvalue weighted by Gasteiger charge is -2.18. The SMILES string of the molecule is CC(Nc1ccc(Br)cc1Cl)c1ccc(Cl)cc1Cl. The predicted molar refractivity (Wildman–Crippen MR) is 87.7 cm³/mol. The highest BCUT2D eigenvalue weighted by Gasteiger charge is 2.11. The van der Waals surface area contributed by atoms with Crippen LogP contribution in [0.5, 0.6) is 0 Å². The van der Waals surface area contributed by atoms with E-state index in [-0.39, 0.29) is 6.04 Å². The lowest BCUT2D eigenvalue weighted by molar-refractivity contribution is 0.885. The van der Waals surface area contributed by atoms with Crippen molar-refractivity contribution in [3.05, 3.63) is 61.5 Å². The molecule has 0 radical (unpaired) electrons. The third-order valence-corrected chi connectivity index (χ3v) is 4.10. The van der Waals surface area contributed by atoms with Crippen LogP contribution in [0.1, 0.15) is 18.5 Å². The zero-order valence-electron chi connectivity index (χ0n) is 10.1. The standard InChI is InChI=1S/C14H11BrCl3N/c1-8(11-4-3-10(16)7-12(11)17)19-14-5-2-9(15)6-13(14)18/h2-8,19H,1H3. The molecule has 0 saturated heterocycles. The summed E-state index contributed by atoms with van der Waals surface area (Å²) in [7, 11) is 0. The van der Waals surface area contributed by atoms with Crippen LogP contribution in [0.3, 0.4) is 0 Å². The molecule has 1 nitrogen and oxygen atoms in total. The lowest BCUT2D eigenvalue weighted by Crippen LogP contribution is -2.07. The van der Waals surface area contributed by atoms with Gasteiger partial charge in [0.05, 0.1) is 16.8 Å². The van der Waals surface area contributed by atoms with Gasteiger partial charge in [0.1, 0.15) is 0 Å². The van der Waals surface area contributed by atoms with Gasteiger partial charge in [0.2, 0.25) is 0 Å². The van der Waals surface area contributed by atoms with Crippen LogP contribution in [0.15, 0.2) is 40.9 Å². The van der Waals surface area contributed by atoms with Crippen molar-refractivity contribution in [3.8, 4) is 0 Å². The summed E-state index contributed by atoms with van der Waals surface area (Å²) >= 11 is 21.6. The van der Waals surface area contributed by atoms with Crippen molar-refractivity contribution in [1.82, 2.24) is 0 Å². The Kier molecular flexibility index (Phi) is 5.02. The normalized spacial score (nSPS) is 12.3. The molecule has 2 aromatic rings. The van der Waals surface area contributed by atoms with Gasteiger partial charge in [0.25, 0.3) is 0 Å². The second-order valence-corrected chi connectivity index (χ2v) is 6.32. The molecular weight excluding hydrogens is 368 g/mol. The average molecular weight is 380 g/mol. The van der Waals surface area contributed by atoms with Crippen molar-refractivity contribution in [2.45, 2.75) is 13.0 Å². The maximum Gasteiger partial charge on any atom is 0.0648 e. The van der Waals surface area contributed by atoms with Crippen molar-refractivity contribution in [2.24, 2.45) is 0 Å². The number of halogens is 4. The minimum absolute atomic E-state index is 0.0310. The van der Waals surface area contributed by atoms with Crippen LogP contribution in [0.2, 0.25) is 15.1 Å². The Balaban J connectivity index is 2.23. The molecule has 1 atom stereocenters. The average Bonchev–Trinajstić information content (AvgIpc) is 2.32. The molecule has 0 spiro atoms. The highest BCUT2D eigenvalue weighted by molar-refractivity contribution is 9.10.